The van der Waals surface area contributed by atoms with E-state index in [4.69, 9.17) is 0 Å². The third-order valence-electron chi connectivity index (χ3n) is 3.56. The quantitative estimate of drug-likeness (QED) is 0.731. The predicted octanol–water partition coefficient (Wildman–Crippen LogP) is 4.45. The molecule has 23 heavy (non-hydrogen) atoms. The SMILES string of the molecule is Cc1nc(NCc2ccccc2)cc(Nc2ccccc2C)n1. The van der Waals surface area contributed by atoms with E-state index in [1.165, 1.54) is 11.1 Å². The van der Waals surface area contributed by atoms with Crippen LogP contribution in [0.25, 0.3) is 0 Å². The van der Waals surface area contributed by atoms with Crippen molar-refractivity contribution >= 4 is 17.3 Å². The van der Waals surface area contributed by atoms with Crippen molar-refractivity contribution in [3.8, 4) is 0 Å². The highest BCUT2D eigenvalue weighted by Crippen LogP contribution is 2.20. The van der Waals surface area contributed by atoms with E-state index in [2.05, 4.69) is 45.7 Å². The molecule has 4 nitrogen and oxygen atoms in total. The summed E-state index contributed by atoms with van der Waals surface area (Å²) in [4.78, 5) is 8.91. The van der Waals surface area contributed by atoms with Gasteiger partial charge in [-0.1, -0.05) is 48.5 Å². The van der Waals surface area contributed by atoms with Crippen molar-refractivity contribution in [3.05, 3.63) is 77.6 Å². The standard InChI is InChI=1S/C19H20N4/c1-14-8-6-7-11-17(14)23-19-12-18(21-15(2)22-19)20-13-16-9-4-3-5-10-16/h3-12H,13H2,1-2H3,(H2,20,21,22,23). The molecule has 0 radical (unpaired) electrons. The maximum atomic E-state index is 4.46. The van der Waals surface area contributed by atoms with Gasteiger partial charge in [-0.25, -0.2) is 9.97 Å². The molecule has 0 aliphatic rings. The van der Waals surface area contributed by atoms with Crippen LogP contribution in [0.15, 0.2) is 60.7 Å². The molecule has 3 rings (SSSR count). The second-order valence-corrected chi connectivity index (χ2v) is 5.46. The van der Waals surface area contributed by atoms with Gasteiger partial charge >= 0.3 is 0 Å². The lowest BCUT2D eigenvalue weighted by atomic mass is 10.2. The lowest BCUT2D eigenvalue weighted by Crippen LogP contribution is -2.05. The molecule has 0 bridgehead atoms. The minimum absolute atomic E-state index is 0.735. The van der Waals surface area contributed by atoms with Gasteiger partial charge in [0.15, 0.2) is 0 Å². The molecule has 4 heteroatoms. The van der Waals surface area contributed by atoms with Crippen LogP contribution in [-0.2, 0) is 6.54 Å². The molecule has 2 aromatic carbocycles. The summed E-state index contributed by atoms with van der Waals surface area (Å²) >= 11 is 0. The first kappa shape index (κ1) is 15.0. The van der Waals surface area contributed by atoms with Crippen LogP contribution in [0.1, 0.15) is 17.0 Å². The second-order valence-electron chi connectivity index (χ2n) is 5.46. The van der Waals surface area contributed by atoms with Gasteiger partial charge in [0.1, 0.15) is 17.5 Å². The molecule has 0 aliphatic carbocycles. The first-order valence-corrected chi connectivity index (χ1v) is 7.67. The molecule has 0 spiro atoms. The summed E-state index contributed by atoms with van der Waals surface area (Å²) in [6.07, 6.45) is 0. The van der Waals surface area contributed by atoms with Gasteiger partial charge < -0.3 is 10.6 Å². The van der Waals surface area contributed by atoms with Crippen molar-refractivity contribution in [2.75, 3.05) is 10.6 Å². The van der Waals surface area contributed by atoms with E-state index in [9.17, 15) is 0 Å². The van der Waals surface area contributed by atoms with Gasteiger partial charge in [-0.05, 0) is 31.0 Å². The van der Waals surface area contributed by atoms with Crippen LogP contribution in [0, 0.1) is 13.8 Å². The van der Waals surface area contributed by atoms with Crippen LogP contribution in [0.5, 0.6) is 0 Å². The third kappa shape index (κ3) is 4.07. The third-order valence-corrected chi connectivity index (χ3v) is 3.56. The molecule has 0 amide bonds. The van der Waals surface area contributed by atoms with Gasteiger partial charge in [0, 0.05) is 18.3 Å². The van der Waals surface area contributed by atoms with Crippen LogP contribution in [0.3, 0.4) is 0 Å². The van der Waals surface area contributed by atoms with Crippen LogP contribution in [0.4, 0.5) is 17.3 Å². The number of hydrogen-bond acceptors (Lipinski definition) is 4. The number of hydrogen-bond donors (Lipinski definition) is 2. The minimum Gasteiger partial charge on any atom is -0.366 e. The molecular weight excluding hydrogens is 284 g/mol. The van der Waals surface area contributed by atoms with Crippen LogP contribution in [0.2, 0.25) is 0 Å². The maximum Gasteiger partial charge on any atom is 0.136 e. The Morgan fingerprint density at radius 3 is 2.30 bits per heavy atom. The molecule has 1 aromatic heterocycles. The highest BCUT2D eigenvalue weighted by atomic mass is 15.1. The molecule has 0 fully saturated rings. The highest BCUT2D eigenvalue weighted by Gasteiger charge is 2.04. The average molecular weight is 304 g/mol. The normalized spacial score (nSPS) is 10.3. The number of rotatable bonds is 5. The van der Waals surface area contributed by atoms with Gasteiger partial charge in [0.05, 0.1) is 0 Å². The van der Waals surface area contributed by atoms with Crippen molar-refractivity contribution in [1.29, 1.82) is 0 Å². The summed E-state index contributed by atoms with van der Waals surface area (Å²) in [6.45, 7) is 4.71. The summed E-state index contributed by atoms with van der Waals surface area (Å²) in [5.41, 5.74) is 3.46. The second kappa shape index (κ2) is 6.92. The molecule has 0 saturated carbocycles. The zero-order valence-electron chi connectivity index (χ0n) is 13.4. The molecule has 1 heterocycles. The molecular formula is C19H20N4. The first-order chi connectivity index (χ1) is 11.2. The van der Waals surface area contributed by atoms with Gasteiger partial charge in [-0.2, -0.15) is 0 Å². The number of benzene rings is 2. The molecule has 0 unspecified atom stereocenters. The fraction of sp³-hybridized carbons (Fsp3) is 0.158. The van der Waals surface area contributed by atoms with Gasteiger partial charge in [0.25, 0.3) is 0 Å². The van der Waals surface area contributed by atoms with Gasteiger partial charge in [0.2, 0.25) is 0 Å². The monoisotopic (exact) mass is 304 g/mol. The number of para-hydroxylation sites is 1. The Hall–Kier alpha value is -2.88. The molecule has 2 N–H and O–H groups in total. The molecule has 3 aromatic rings. The van der Waals surface area contributed by atoms with E-state index in [0.29, 0.717) is 0 Å². The van der Waals surface area contributed by atoms with E-state index in [1.807, 2.05) is 49.4 Å². The Balaban J connectivity index is 1.75. The Morgan fingerprint density at radius 2 is 1.52 bits per heavy atom. The zero-order chi connectivity index (χ0) is 16.1. The average Bonchev–Trinajstić information content (AvgIpc) is 2.56. The minimum atomic E-state index is 0.735. The topological polar surface area (TPSA) is 49.8 Å². The summed E-state index contributed by atoms with van der Waals surface area (Å²) in [6, 6.07) is 20.4. The van der Waals surface area contributed by atoms with E-state index in [0.717, 1.165) is 29.7 Å². The van der Waals surface area contributed by atoms with Crippen LogP contribution >= 0.6 is 0 Å². The van der Waals surface area contributed by atoms with E-state index < -0.39 is 0 Å². The summed E-state index contributed by atoms with van der Waals surface area (Å²) in [5, 5.41) is 6.71. The number of nitrogens with one attached hydrogen (secondary N) is 2. The van der Waals surface area contributed by atoms with Gasteiger partial charge in [-0.3, -0.25) is 0 Å². The molecule has 116 valence electrons. The largest absolute Gasteiger partial charge is 0.366 e. The van der Waals surface area contributed by atoms with Crippen LogP contribution < -0.4 is 10.6 Å². The Labute approximate surface area is 136 Å². The zero-order valence-corrected chi connectivity index (χ0v) is 13.4. The first-order valence-electron chi connectivity index (χ1n) is 7.67. The Morgan fingerprint density at radius 1 is 0.826 bits per heavy atom. The summed E-state index contributed by atoms with van der Waals surface area (Å²) in [7, 11) is 0. The fourth-order valence-electron chi connectivity index (χ4n) is 2.36. The van der Waals surface area contributed by atoms with Crippen molar-refractivity contribution in [3.63, 3.8) is 0 Å². The number of aromatic nitrogens is 2. The van der Waals surface area contributed by atoms with Crippen molar-refractivity contribution in [2.45, 2.75) is 20.4 Å². The number of aryl methyl sites for hydroxylation is 2. The molecule has 0 atom stereocenters. The van der Waals surface area contributed by atoms with E-state index in [-0.39, 0.29) is 0 Å². The lowest BCUT2D eigenvalue weighted by molar-refractivity contribution is 1.02. The lowest BCUT2D eigenvalue weighted by Gasteiger charge is -2.11. The molecule has 0 saturated heterocycles. The van der Waals surface area contributed by atoms with Gasteiger partial charge in [-0.15, -0.1) is 0 Å². The predicted molar refractivity (Wildman–Crippen MR) is 95.0 cm³/mol. The number of nitrogens with zero attached hydrogens (tertiary/aromatic N) is 2. The summed E-state index contributed by atoms with van der Waals surface area (Å²) in [5.74, 6) is 2.35. The van der Waals surface area contributed by atoms with Crippen molar-refractivity contribution < 1.29 is 0 Å². The van der Waals surface area contributed by atoms with Crippen molar-refractivity contribution in [2.24, 2.45) is 0 Å². The fourth-order valence-corrected chi connectivity index (χ4v) is 2.36. The number of anilines is 3. The van der Waals surface area contributed by atoms with Crippen molar-refractivity contribution in [1.82, 2.24) is 9.97 Å². The van der Waals surface area contributed by atoms with Crippen LogP contribution in [-0.4, -0.2) is 9.97 Å². The Kier molecular flexibility index (Phi) is 4.52. The van der Waals surface area contributed by atoms with E-state index in [1.54, 1.807) is 0 Å². The maximum absolute atomic E-state index is 4.46. The highest BCUT2D eigenvalue weighted by molar-refractivity contribution is 5.62. The van der Waals surface area contributed by atoms with E-state index >= 15 is 0 Å². The summed E-state index contributed by atoms with van der Waals surface area (Å²) < 4.78 is 0. The Bertz CT molecular complexity index is 784. The smallest absolute Gasteiger partial charge is 0.136 e. The molecule has 0 aliphatic heterocycles.